The molecular formula is C45H52N8O10S2. The van der Waals surface area contributed by atoms with Crippen molar-refractivity contribution in [3.63, 3.8) is 0 Å². The van der Waals surface area contributed by atoms with Gasteiger partial charge in [0.2, 0.25) is 0 Å². The lowest BCUT2D eigenvalue weighted by atomic mass is 10.1. The van der Waals surface area contributed by atoms with Crippen molar-refractivity contribution in [3.05, 3.63) is 127 Å². The van der Waals surface area contributed by atoms with Crippen LogP contribution < -0.4 is 34.9 Å². The molecular weight excluding hydrogens is 877 g/mol. The second-order valence-electron chi connectivity index (χ2n) is 14.3. The Morgan fingerprint density at radius 1 is 0.677 bits per heavy atom. The molecule has 2 aromatic heterocycles. The first-order valence-corrected chi connectivity index (χ1v) is 22.3. The molecule has 2 aliphatic heterocycles. The number of nitrogens with zero attached hydrogens (tertiary/aromatic N) is 5. The third kappa shape index (κ3) is 14.0. The molecule has 0 spiro atoms. The number of benzene rings is 4. The molecule has 4 aromatic carbocycles. The average molecular weight is 929 g/mol. The van der Waals surface area contributed by atoms with Gasteiger partial charge in [-0.1, -0.05) is 36.4 Å². The summed E-state index contributed by atoms with van der Waals surface area (Å²) in [6.07, 6.45) is 0. The molecule has 0 bridgehead atoms. The van der Waals surface area contributed by atoms with Crippen molar-refractivity contribution in [2.75, 3.05) is 91.7 Å². The van der Waals surface area contributed by atoms with E-state index in [0.717, 1.165) is 89.0 Å². The van der Waals surface area contributed by atoms with Gasteiger partial charge in [-0.15, -0.1) is 22.7 Å². The first-order valence-electron chi connectivity index (χ1n) is 20.6. The van der Waals surface area contributed by atoms with E-state index in [2.05, 4.69) is 25.8 Å². The number of rotatable bonds is 16. The lowest BCUT2D eigenvalue weighted by Crippen LogP contribution is -2.35. The van der Waals surface area contributed by atoms with E-state index < -0.39 is 4.92 Å². The number of non-ortho nitro benzene ring substituents is 2. The van der Waals surface area contributed by atoms with Gasteiger partial charge in [-0.3, -0.25) is 25.1 Å². The highest BCUT2D eigenvalue weighted by Crippen LogP contribution is 2.35. The summed E-state index contributed by atoms with van der Waals surface area (Å²) in [5.41, 5.74) is 5.08. The van der Waals surface area contributed by atoms with Gasteiger partial charge in [0.25, 0.3) is 11.4 Å². The monoisotopic (exact) mass is 928 g/mol. The second kappa shape index (κ2) is 24.6. The van der Waals surface area contributed by atoms with Crippen molar-refractivity contribution < 1.29 is 38.3 Å². The average Bonchev–Trinajstić information content (AvgIpc) is 4.01. The maximum atomic E-state index is 11.3. The Morgan fingerprint density at radius 2 is 1.22 bits per heavy atom. The molecule has 4 heterocycles. The molecule has 65 heavy (non-hydrogen) atoms. The number of nitro benzene ring substituents is 2. The topological polar surface area (TPSA) is 207 Å². The van der Waals surface area contributed by atoms with Crippen molar-refractivity contribution in [2.24, 2.45) is 0 Å². The predicted octanol–water partition coefficient (Wildman–Crippen LogP) is 8.13. The molecule has 0 aliphatic carbocycles. The molecule has 0 radical (unpaired) electrons. The van der Waals surface area contributed by atoms with Crippen molar-refractivity contribution in [1.29, 1.82) is 0 Å². The highest BCUT2D eigenvalue weighted by molar-refractivity contribution is 7.16. The van der Waals surface area contributed by atoms with E-state index in [1.54, 1.807) is 64.0 Å². The van der Waals surface area contributed by atoms with Gasteiger partial charge in [-0.05, 0) is 35.4 Å². The number of nitro groups is 2. The fourth-order valence-corrected chi connectivity index (χ4v) is 8.35. The maximum absolute atomic E-state index is 11.3. The molecule has 2 aliphatic rings. The summed E-state index contributed by atoms with van der Waals surface area (Å²) in [6.45, 7) is 8.78. The minimum Gasteiger partial charge on any atom is -0.493 e. The molecule has 344 valence electrons. The third-order valence-electron chi connectivity index (χ3n) is 9.99. The number of methoxy groups -OCH3 is 4. The zero-order valence-corrected chi connectivity index (χ0v) is 38.2. The van der Waals surface area contributed by atoms with E-state index in [1.165, 1.54) is 29.5 Å². The van der Waals surface area contributed by atoms with Crippen LogP contribution in [0.4, 0.5) is 21.6 Å². The smallest absolute Gasteiger partial charge is 0.270 e. The minimum absolute atomic E-state index is 0.0512. The quantitative estimate of drug-likeness (QED) is 0.0619. The molecule has 6 aromatic rings. The Labute approximate surface area is 384 Å². The number of hydrogen-bond donors (Lipinski definition) is 3. The van der Waals surface area contributed by atoms with Crippen LogP contribution in [0.15, 0.2) is 90.3 Å². The second-order valence-corrected chi connectivity index (χ2v) is 16.2. The summed E-state index contributed by atoms with van der Waals surface area (Å²) >= 11 is 3.02. The lowest BCUT2D eigenvalue weighted by molar-refractivity contribution is -0.385. The molecule has 0 saturated carbocycles. The Balaban J connectivity index is 0.000000194. The number of morpholine rings is 2. The number of anilines is 2. The van der Waals surface area contributed by atoms with Crippen LogP contribution in [0.2, 0.25) is 0 Å². The van der Waals surface area contributed by atoms with Crippen LogP contribution in [-0.2, 0) is 29.1 Å². The largest absolute Gasteiger partial charge is 0.493 e. The fourth-order valence-electron chi connectivity index (χ4n) is 6.61. The SMILES string of the molecule is C1COCCN1.COc1ccc(CNc2nc(-c3cccc([N+](=O)[O-])c3)c(CN3CCOCC3)s2)cc1OC.COc1ccc(CNc2nc(-c3cccc([N+](=O)[O-])c3)cs2)cc1OC. The zero-order valence-electron chi connectivity index (χ0n) is 36.6. The third-order valence-corrected chi connectivity index (χ3v) is 11.8. The van der Waals surface area contributed by atoms with Crippen molar-refractivity contribution in [3.8, 4) is 45.5 Å². The number of hydrogen-bond acceptors (Lipinski definition) is 18. The lowest BCUT2D eigenvalue weighted by Gasteiger charge is -2.26. The Hall–Kier alpha value is -6.42. The maximum Gasteiger partial charge on any atom is 0.270 e. The Bertz CT molecular complexity index is 2460. The number of nitrogens with one attached hydrogen (secondary N) is 3. The summed E-state index contributed by atoms with van der Waals surface area (Å²) in [6, 6.07) is 24.6. The van der Waals surface area contributed by atoms with E-state index in [1.807, 2.05) is 47.8 Å². The minimum atomic E-state index is -0.411. The Kier molecular flexibility index (Phi) is 18.2. The van der Waals surface area contributed by atoms with Crippen LogP contribution >= 0.6 is 22.7 Å². The van der Waals surface area contributed by atoms with Crippen molar-refractivity contribution in [2.45, 2.75) is 19.6 Å². The molecule has 0 atom stereocenters. The predicted molar refractivity (Wildman–Crippen MR) is 252 cm³/mol. The van der Waals surface area contributed by atoms with Crippen LogP contribution in [0, 0.1) is 20.2 Å². The van der Waals surface area contributed by atoms with Gasteiger partial charge in [0.1, 0.15) is 0 Å². The van der Waals surface area contributed by atoms with Crippen LogP contribution in [0.5, 0.6) is 23.0 Å². The van der Waals surface area contributed by atoms with E-state index in [9.17, 15) is 20.2 Å². The van der Waals surface area contributed by atoms with Crippen LogP contribution in [0.25, 0.3) is 22.5 Å². The fraction of sp³-hybridized carbons (Fsp3) is 0.333. The molecule has 3 N–H and O–H groups in total. The summed E-state index contributed by atoms with van der Waals surface area (Å²) in [5, 5.41) is 35.4. The van der Waals surface area contributed by atoms with E-state index in [4.69, 9.17) is 33.4 Å². The van der Waals surface area contributed by atoms with Crippen LogP contribution in [0.3, 0.4) is 0 Å². The van der Waals surface area contributed by atoms with Gasteiger partial charge >= 0.3 is 0 Å². The standard InChI is InChI=1S/C23H26N4O5S.C18H17N3O4S.C4H9NO/c1-30-19-7-6-16(12-20(19)31-2)14-24-23-25-22(17-4-3-5-18(13-17)27(28)29)21(33-23)15-26-8-10-32-11-9-26;1-24-16-7-6-12(8-17(16)25-2)10-19-18-20-15(11-26-18)13-4-3-5-14(9-13)21(22)23;1-3-6-4-2-5-1/h3-7,12-13H,8-11,14-15H2,1-2H3,(H,24,25);3-9,11H,10H2,1-2H3,(H,19,20);5H,1-4H2. The normalized spacial score (nSPS) is 13.5. The summed E-state index contributed by atoms with van der Waals surface area (Å²) in [5.74, 6) is 2.69. The molecule has 2 fully saturated rings. The molecule has 2 saturated heterocycles. The number of ether oxygens (including phenoxy) is 6. The highest BCUT2D eigenvalue weighted by atomic mass is 32.1. The molecule has 0 amide bonds. The first-order chi connectivity index (χ1) is 31.7. The van der Waals surface area contributed by atoms with Gasteiger partial charge in [-0.2, -0.15) is 0 Å². The first kappa shape index (κ1) is 48.0. The van der Waals surface area contributed by atoms with Gasteiger partial charge in [-0.25, -0.2) is 9.97 Å². The van der Waals surface area contributed by atoms with E-state index in [0.29, 0.717) is 55.0 Å². The van der Waals surface area contributed by atoms with Crippen molar-refractivity contribution >= 4 is 44.3 Å². The van der Waals surface area contributed by atoms with E-state index in [-0.39, 0.29) is 16.3 Å². The highest BCUT2D eigenvalue weighted by Gasteiger charge is 2.20. The molecule has 0 unspecified atom stereocenters. The molecule has 20 heteroatoms. The van der Waals surface area contributed by atoms with Crippen LogP contribution in [-0.4, -0.2) is 106 Å². The molecule has 18 nitrogen and oxygen atoms in total. The number of thiazole rings is 2. The summed E-state index contributed by atoms with van der Waals surface area (Å²) in [4.78, 5) is 34.1. The Morgan fingerprint density at radius 3 is 1.74 bits per heavy atom. The van der Waals surface area contributed by atoms with Crippen molar-refractivity contribution in [1.82, 2.24) is 20.2 Å². The van der Waals surface area contributed by atoms with Gasteiger partial charge < -0.3 is 44.4 Å². The van der Waals surface area contributed by atoms with Gasteiger partial charge in [0.05, 0.1) is 76.1 Å². The van der Waals surface area contributed by atoms with Gasteiger partial charge in [0, 0.05) is 91.5 Å². The zero-order chi connectivity index (χ0) is 46.0. The summed E-state index contributed by atoms with van der Waals surface area (Å²) in [7, 11) is 6.41. The van der Waals surface area contributed by atoms with E-state index >= 15 is 0 Å². The summed E-state index contributed by atoms with van der Waals surface area (Å²) < 4.78 is 31.7. The number of aromatic nitrogens is 2. The van der Waals surface area contributed by atoms with Crippen LogP contribution in [0.1, 0.15) is 16.0 Å². The van der Waals surface area contributed by atoms with Gasteiger partial charge in [0.15, 0.2) is 33.3 Å². The molecule has 8 rings (SSSR count).